The molecule has 2 aromatic rings. The molecule has 152 valence electrons. The van der Waals surface area contributed by atoms with Gasteiger partial charge in [0.15, 0.2) is 11.9 Å². The zero-order valence-corrected chi connectivity index (χ0v) is 17.3. The van der Waals surface area contributed by atoms with Crippen molar-refractivity contribution in [2.45, 2.75) is 51.2 Å². The Morgan fingerprint density at radius 3 is 2.57 bits per heavy atom. The van der Waals surface area contributed by atoms with Crippen LogP contribution in [0, 0.1) is 6.92 Å². The number of carboxylic acids is 1. The van der Waals surface area contributed by atoms with E-state index in [9.17, 15) is 9.90 Å². The van der Waals surface area contributed by atoms with Gasteiger partial charge < -0.3 is 19.7 Å². The van der Waals surface area contributed by atoms with Crippen LogP contribution >= 0.6 is 23.2 Å². The summed E-state index contributed by atoms with van der Waals surface area (Å²) in [5.74, 6) is -0.184. The normalized spacial score (nSPS) is 15.9. The molecule has 7 nitrogen and oxygen atoms in total. The lowest BCUT2D eigenvalue weighted by Crippen LogP contribution is -2.23. The number of hydrogen-bond donors (Lipinski definition) is 2. The Bertz CT molecular complexity index is 908. The lowest BCUT2D eigenvalue weighted by atomic mass is 10.1. The first-order valence-electron chi connectivity index (χ1n) is 8.91. The van der Waals surface area contributed by atoms with Crippen LogP contribution in [0.5, 0.6) is 17.4 Å². The molecule has 0 spiro atoms. The van der Waals surface area contributed by atoms with Crippen LogP contribution in [0.15, 0.2) is 12.1 Å². The fourth-order valence-corrected chi connectivity index (χ4v) is 3.34. The van der Waals surface area contributed by atoms with E-state index in [1.54, 1.807) is 11.7 Å². The third-order valence-corrected chi connectivity index (χ3v) is 5.39. The molecule has 1 aliphatic carbocycles. The van der Waals surface area contributed by atoms with Gasteiger partial charge in [-0.15, -0.1) is 0 Å². The molecule has 0 amide bonds. The first-order chi connectivity index (χ1) is 13.1. The number of nitrogens with zero attached hydrogens (tertiary/aromatic N) is 2. The van der Waals surface area contributed by atoms with Gasteiger partial charge in [-0.3, -0.25) is 0 Å². The maximum Gasteiger partial charge on any atom is 0.344 e. The van der Waals surface area contributed by atoms with Crippen molar-refractivity contribution in [1.82, 2.24) is 9.78 Å². The predicted molar refractivity (Wildman–Crippen MR) is 105 cm³/mol. The number of aromatic nitrogens is 2. The maximum absolute atomic E-state index is 11.1. The Morgan fingerprint density at radius 2 is 1.96 bits per heavy atom. The van der Waals surface area contributed by atoms with Gasteiger partial charge in [0.25, 0.3) is 0 Å². The minimum Gasteiger partial charge on any atom is -0.479 e. The van der Waals surface area contributed by atoms with E-state index in [1.165, 1.54) is 19.1 Å². The quantitative estimate of drug-likeness (QED) is 0.655. The van der Waals surface area contributed by atoms with Crippen molar-refractivity contribution in [3.8, 4) is 17.4 Å². The third-order valence-electron chi connectivity index (χ3n) is 4.80. The van der Waals surface area contributed by atoms with Gasteiger partial charge in [-0.05, 0) is 45.6 Å². The molecule has 0 saturated heterocycles. The van der Waals surface area contributed by atoms with Crippen molar-refractivity contribution >= 4 is 29.2 Å². The van der Waals surface area contributed by atoms with E-state index < -0.39 is 17.7 Å². The summed E-state index contributed by atoms with van der Waals surface area (Å²) >= 11 is 12.4. The van der Waals surface area contributed by atoms with Crippen LogP contribution in [0.3, 0.4) is 0 Å². The molecule has 1 aliphatic rings. The van der Waals surface area contributed by atoms with Gasteiger partial charge in [0.1, 0.15) is 5.75 Å². The SMILES string of the molecule is Cc1nn(C)c(Oc2cc(O[C@@H](C)C(=O)O)c(Cl)cc2Cl)c1CCC1(O)CC1. The first-order valence-corrected chi connectivity index (χ1v) is 9.66. The Kier molecular flexibility index (Phi) is 5.79. The van der Waals surface area contributed by atoms with Gasteiger partial charge in [0, 0.05) is 18.7 Å². The van der Waals surface area contributed by atoms with Crippen LogP contribution in [0.2, 0.25) is 10.0 Å². The summed E-state index contributed by atoms with van der Waals surface area (Å²) < 4.78 is 13.0. The summed E-state index contributed by atoms with van der Waals surface area (Å²) in [6.07, 6.45) is 1.80. The van der Waals surface area contributed by atoms with Crippen LogP contribution in [0.25, 0.3) is 0 Å². The molecule has 9 heteroatoms. The standard InChI is InChI=1S/C19H22Cl2N2O5/c1-10-12(4-5-19(26)6-7-19)17(23(3)22-10)28-16-9-15(13(20)8-14(16)21)27-11(2)18(24)25/h8-9,11,26H,4-7H2,1-3H3,(H,24,25)/t11-/m0/s1. The van der Waals surface area contributed by atoms with Gasteiger partial charge in [0.05, 0.1) is 21.3 Å². The molecule has 0 bridgehead atoms. The summed E-state index contributed by atoms with van der Waals surface area (Å²) in [6.45, 7) is 3.28. The largest absolute Gasteiger partial charge is 0.479 e. The Balaban J connectivity index is 1.87. The highest BCUT2D eigenvalue weighted by Gasteiger charge is 2.40. The molecular formula is C19H22Cl2N2O5. The van der Waals surface area contributed by atoms with Gasteiger partial charge in [-0.2, -0.15) is 5.10 Å². The minimum absolute atomic E-state index is 0.156. The average Bonchev–Trinajstić information content (AvgIpc) is 3.28. The molecule has 28 heavy (non-hydrogen) atoms. The molecule has 1 fully saturated rings. The smallest absolute Gasteiger partial charge is 0.344 e. The Morgan fingerprint density at radius 1 is 1.32 bits per heavy atom. The average molecular weight is 429 g/mol. The number of halogens is 2. The summed E-state index contributed by atoms with van der Waals surface area (Å²) in [5.41, 5.74) is 1.11. The van der Waals surface area contributed by atoms with E-state index in [-0.39, 0.29) is 21.5 Å². The van der Waals surface area contributed by atoms with E-state index in [0.29, 0.717) is 18.7 Å². The molecular weight excluding hydrogens is 407 g/mol. The number of carbonyl (C=O) groups is 1. The van der Waals surface area contributed by atoms with Crippen LogP contribution < -0.4 is 9.47 Å². The van der Waals surface area contributed by atoms with Gasteiger partial charge >= 0.3 is 5.97 Å². The summed E-state index contributed by atoms with van der Waals surface area (Å²) in [7, 11) is 1.76. The van der Waals surface area contributed by atoms with Gasteiger partial charge in [-0.25, -0.2) is 9.48 Å². The van der Waals surface area contributed by atoms with Gasteiger partial charge in [-0.1, -0.05) is 23.2 Å². The number of aryl methyl sites for hydroxylation is 2. The molecule has 2 N–H and O–H groups in total. The topological polar surface area (TPSA) is 93.8 Å². The summed E-state index contributed by atoms with van der Waals surface area (Å²) in [5, 5.41) is 24.0. The predicted octanol–water partition coefficient (Wildman–Crippen LogP) is 4.14. The number of rotatable bonds is 8. The zero-order valence-electron chi connectivity index (χ0n) is 15.8. The highest BCUT2D eigenvalue weighted by Crippen LogP contribution is 2.42. The van der Waals surface area contributed by atoms with Crippen molar-refractivity contribution in [3.05, 3.63) is 33.4 Å². The number of aliphatic hydroxyl groups is 1. The molecule has 1 heterocycles. The number of aliphatic carboxylic acids is 1. The van der Waals surface area contributed by atoms with E-state index in [2.05, 4.69) is 5.10 Å². The minimum atomic E-state index is -1.11. The fourth-order valence-electron chi connectivity index (χ4n) is 2.87. The number of ether oxygens (including phenoxy) is 2. The zero-order chi connectivity index (χ0) is 20.6. The van der Waals surface area contributed by atoms with Crippen molar-refractivity contribution < 1.29 is 24.5 Å². The maximum atomic E-state index is 11.1. The molecule has 3 rings (SSSR count). The number of benzene rings is 1. The van der Waals surface area contributed by atoms with Crippen molar-refractivity contribution in [2.24, 2.45) is 7.05 Å². The van der Waals surface area contributed by atoms with E-state index in [0.717, 1.165) is 24.1 Å². The monoisotopic (exact) mass is 428 g/mol. The molecule has 1 atom stereocenters. The second-order valence-electron chi connectivity index (χ2n) is 7.13. The lowest BCUT2D eigenvalue weighted by molar-refractivity contribution is -0.144. The first kappa shape index (κ1) is 20.8. The van der Waals surface area contributed by atoms with E-state index in [1.807, 2.05) is 6.92 Å². The van der Waals surface area contributed by atoms with Crippen LogP contribution in [0.4, 0.5) is 0 Å². The Labute approximate surface area is 172 Å². The molecule has 0 radical (unpaired) electrons. The van der Waals surface area contributed by atoms with Crippen molar-refractivity contribution in [2.75, 3.05) is 0 Å². The molecule has 1 aromatic heterocycles. The van der Waals surface area contributed by atoms with E-state index in [4.69, 9.17) is 37.8 Å². The number of carboxylic acid groups (broad SMARTS) is 1. The van der Waals surface area contributed by atoms with E-state index >= 15 is 0 Å². The van der Waals surface area contributed by atoms with Crippen LogP contribution in [-0.2, 0) is 18.3 Å². The lowest BCUT2D eigenvalue weighted by Gasteiger charge is -2.15. The molecule has 1 saturated carbocycles. The Hall–Kier alpha value is -1.96. The fraction of sp³-hybridized carbons (Fsp3) is 0.474. The summed E-state index contributed by atoms with van der Waals surface area (Å²) in [4.78, 5) is 11.1. The van der Waals surface area contributed by atoms with Gasteiger partial charge in [0.2, 0.25) is 5.88 Å². The molecule has 0 aliphatic heterocycles. The van der Waals surface area contributed by atoms with Crippen LogP contribution in [-0.4, -0.2) is 37.7 Å². The van der Waals surface area contributed by atoms with Crippen molar-refractivity contribution in [3.63, 3.8) is 0 Å². The van der Waals surface area contributed by atoms with Crippen LogP contribution in [0.1, 0.15) is 37.4 Å². The van der Waals surface area contributed by atoms with Crippen molar-refractivity contribution in [1.29, 1.82) is 0 Å². The highest BCUT2D eigenvalue weighted by molar-refractivity contribution is 6.36. The second-order valence-corrected chi connectivity index (χ2v) is 7.94. The highest BCUT2D eigenvalue weighted by atomic mass is 35.5. The summed E-state index contributed by atoms with van der Waals surface area (Å²) in [6, 6.07) is 2.91. The molecule has 0 unspecified atom stereocenters. The third kappa shape index (κ3) is 4.54. The number of hydrogen-bond acceptors (Lipinski definition) is 5. The second kappa shape index (κ2) is 7.81. The molecule has 1 aromatic carbocycles.